The minimum absolute atomic E-state index is 0.00830. The van der Waals surface area contributed by atoms with Crippen molar-refractivity contribution in [2.24, 2.45) is 10.9 Å². The van der Waals surface area contributed by atoms with Gasteiger partial charge in [0.25, 0.3) is 5.91 Å². The second kappa shape index (κ2) is 10.4. The SMILES string of the molecule is CC1=C(c2ccc(F)cc2)C(NCC2CCC(NC(=O)c3cc(C(F)(F)F)ccc3Cl)CC2)=NC1. The number of carbonyl (C=O) groups is 1. The topological polar surface area (TPSA) is 53.5 Å². The Hall–Kier alpha value is -2.87. The number of carbonyl (C=O) groups excluding carboxylic acids is 1. The van der Waals surface area contributed by atoms with E-state index in [1.807, 2.05) is 6.92 Å². The molecule has 1 fully saturated rings. The van der Waals surface area contributed by atoms with Gasteiger partial charge in [-0.15, -0.1) is 0 Å². The molecule has 1 saturated carbocycles. The molecule has 1 aliphatic heterocycles. The van der Waals surface area contributed by atoms with Gasteiger partial charge in [-0.2, -0.15) is 13.2 Å². The Morgan fingerprint density at radius 1 is 1.09 bits per heavy atom. The van der Waals surface area contributed by atoms with Crippen molar-refractivity contribution in [3.8, 4) is 0 Å². The molecule has 2 aromatic carbocycles. The zero-order valence-corrected chi connectivity index (χ0v) is 19.9. The molecule has 1 heterocycles. The average Bonchev–Trinajstić information content (AvgIpc) is 3.19. The summed E-state index contributed by atoms with van der Waals surface area (Å²) >= 11 is 5.99. The van der Waals surface area contributed by atoms with Gasteiger partial charge in [-0.25, -0.2) is 4.39 Å². The summed E-state index contributed by atoms with van der Waals surface area (Å²) in [6, 6.07) is 9.02. The van der Waals surface area contributed by atoms with Crippen LogP contribution in [0.25, 0.3) is 5.57 Å². The summed E-state index contributed by atoms with van der Waals surface area (Å²) in [6.07, 6.45) is -1.38. The highest BCUT2D eigenvalue weighted by molar-refractivity contribution is 6.33. The van der Waals surface area contributed by atoms with Crippen LogP contribution in [-0.4, -0.2) is 30.9 Å². The Balaban J connectivity index is 1.29. The molecular formula is C26H26ClF4N3O. The van der Waals surface area contributed by atoms with Crippen LogP contribution in [0.2, 0.25) is 5.02 Å². The monoisotopic (exact) mass is 507 g/mol. The molecule has 0 radical (unpaired) electrons. The van der Waals surface area contributed by atoms with Gasteiger partial charge in [0.15, 0.2) is 0 Å². The highest BCUT2D eigenvalue weighted by atomic mass is 35.5. The lowest BCUT2D eigenvalue weighted by Crippen LogP contribution is -2.40. The fourth-order valence-electron chi connectivity index (χ4n) is 4.59. The van der Waals surface area contributed by atoms with E-state index in [1.54, 1.807) is 12.1 Å². The van der Waals surface area contributed by atoms with Crippen LogP contribution in [0.15, 0.2) is 53.0 Å². The number of hydrogen-bond donors (Lipinski definition) is 2. The predicted molar refractivity (Wildman–Crippen MR) is 129 cm³/mol. The molecule has 2 aliphatic rings. The van der Waals surface area contributed by atoms with Crippen molar-refractivity contribution < 1.29 is 22.4 Å². The highest BCUT2D eigenvalue weighted by Crippen LogP contribution is 2.32. The van der Waals surface area contributed by atoms with Crippen LogP contribution >= 0.6 is 11.6 Å². The number of amides is 1. The first-order chi connectivity index (χ1) is 16.6. The average molecular weight is 508 g/mol. The molecule has 2 N–H and O–H groups in total. The number of halogens is 5. The zero-order chi connectivity index (χ0) is 25.2. The van der Waals surface area contributed by atoms with E-state index in [-0.39, 0.29) is 22.4 Å². The van der Waals surface area contributed by atoms with Crippen molar-refractivity contribution in [3.05, 3.63) is 75.6 Å². The van der Waals surface area contributed by atoms with Gasteiger partial charge < -0.3 is 10.6 Å². The molecule has 4 rings (SSSR count). The van der Waals surface area contributed by atoms with Crippen molar-refractivity contribution in [3.63, 3.8) is 0 Å². The zero-order valence-electron chi connectivity index (χ0n) is 19.2. The third-order valence-electron chi connectivity index (χ3n) is 6.55. The van der Waals surface area contributed by atoms with Crippen molar-refractivity contribution in [2.45, 2.75) is 44.8 Å². The van der Waals surface area contributed by atoms with Gasteiger partial charge in [-0.05, 0) is 80.0 Å². The van der Waals surface area contributed by atoms with Crippen LogP contribution in [-0.2, 0) is 6.18 Å². The van der Waals surface area contributed by atoms with E-state index in [4.69, 9.17) is 11.6 Å². The molecule has 2 aromatic rings. The van der Waals surface area contributed by atoms with Gasteiger partial charge in [-0.1, -0.05) is 23.7 Å². The second-order valence-corrected chi connectivity index (χ2v) is 9.50. The smallest absolute Gasteiger partial charge is 0.370 e. The van der Waals surface area contributed by atoms with Gasteiger partial charge in [0.1, 0.15) is 11.7 Å². The van der Waals surface area contributed by atoms with E-state index in [9.17, 15) is 22.4 Å². The first-order valence-corrected chi connectivity index (χ1v) is 11.9. The van der Waals surface area contributed by atoms with Crippen molar-refractivity contribution >= 4 is 28.9 Å². The number of amidine groups is 1. The third-order valence-corrected chi connectivity index (χ3v) is 6.88. The number of nitrogens with zero attached hydrogens (tertiary/aromatic N) is 1. The van der Waals surface area contributed by atoms with E-state index >= 15 is 0 Å². The Kier molecular flexibility index (Phi) is 7.50. The number of nitrogens with one attached hydrogen (secondary N) is 2. The van der Waals surface area contributed by atoms with Gasteiger partial charge in [0, 0.05) is 18.2 Å². The van der Waals surface area contributed by atoms with E-state index in [0.717, 1.165) is 73.0 Å². The first-order valence-electron chi connectivity index (χ1n) is 11.5. The molecule has 0 aromatic heterocycles. The van der Waals surface area contributed by atoms with Crippen molar-refractivity contribution in [1.29, 1.82) is 0 Å². The van der Waals surface area contributed by atoms with Crippen molar-refractivity contribution in [2.75, 3.05) is 13.1 Å². The van der Waals surface area contributed by atoms with Gasteiger partial charge in [0.05, 0.1) is 22.7 Å². The lowest BCUT2D eigenvalue weighted by Gasteiger charge is -2.29. The standard InChI is InChI=1S/C26H26ClF4N3O/c1-15-13-32-24(23(15)17-4-7-19(28)8-5-17)33-14-16-2-9-20(10-3-16)34-25(35)21-12-18(26(29,30)31)6-11-22(21)27/h4-8,11-12,16,20H,2-3,9-10,13-14H2,1H3,(H,32,33)(H,34,35). The lowest BCUT2D eigenvalue weighted by molar-refractivity contribution is -0.137. The summed E-state index contributed by atoms with van der Waals surface area (Å²) < 4.78 is 52.3. The van der Waals surface area contributed by atoms with Crippen molar-refractivity contribution in [1.82, 2.24) is 10.6 Å². The van der Waals surface area contributed by atoms with Crippen LogP contribution in [0.5, 0.6) is 0 Å². The third kappa shape index (κ3) is 6.04. The maximum atomic E-state index is 13.3. The summed E-state index contributed by atoms with van der Waals surface area (Å²) in [5, 5.41) is 6.27. The number of aliphatic imine (C=N–C) groups is 1. The largest absolute Gasteiger partial charge is 0.416 e. The Morgan fingerprint density at radius 3 is 2.43 bits per heavy atom. The molecule has 0 atom stereocenters. The number of benzene rings is 2. The number of alkyl halides is 3. The molecule has 0 bridgehead atoms. The quantitative estimate of drug-likeness (QED) is 0.469. The molecule has 0 saturated heterocycles. The van der Waals surface area contributed by atoms with Gasteiger partial charge >= 0.3 is 6.18 Å². The summed E-state index contributed by atoms with van der Waals surface area (Å²) in [5.74, 6) is 0.310. The summed E-state index contributed by atoms with van der Waals surface area (Å²) in [6.45, 7) is 3.34. The molecule has 35 heavy (non-hydrogen) atoms. The first kappa shape index (κ1) is 25.2. The van der Waals surface area contributed by atoms with Gasteiger partial charge in [-0.3, -0.25) is 9.79 Å². The Morgan fingerprint density at radius 2 is 1.77 bits per heavy atom. The molecule has 0 unspecified atom stereocenters. The van der Waals surface area contributed by atoms with E-state index < -0.39 is 17.6 Å². The molecule has 9 heteroatoms. The molecular weight excluding hydrogens is 482 g/mol. The maximum absolute atomic E-state index is 13.3. The molecule has 1 amide bonds. The Labute approximate surface area is 206 Å². The number of hydrogen-bond acceptors (Lipinski definition) is 3. The normalized spacial score (nSPS) is 20.6. The van der Waals surface area contributed by atoms with E-state index in [1.165, 1.54) is 12.1 Å². The molecule has 4 nitrogen and oxygen atoms in total. The van der Waals surface area contributed by atoms with E-state index in [0.29, 0.717) is 12.5 Å². The van der Waals surface area contributed by atoms with Crippen LogP contribution in [0.3, 0.4) is 0 Å². The maximum Gasteiger partial charge on any atom is 0.416 e. The molecule has 186 valence electrons. The van der Waals surface area contributed by atoms with Gasteiger partial charge in [0.2, 0.25) is 0 Å². The summed E-state index contributed by atoms with van der Waals surface area (Å²) in [7, 11) is 0. The van der Waals surface area contributed by atoms with E-state index in [2.05, 4.69) is 15.6 Å². The van der Waals surface area contributed by atoms with Crippen LogP contribution in [0.1, 0.15) is 54.1 Å². The highest BCUT2D eigenvalue weighted by Gasteiger charge is 2.32. The number of rotatable bonds is 5. The Bertz CT molecular complexity index is 1150. The fourth-order valence-corrected chi connectivity index (χ4v) is 4.80. The fraction of sp³-hybridized carbons (Fsp3) is 0.385. The lowest BCUT2D eigenvalue weighted by atomic mass is 9.85. The summed E-state index contributed by atoms with van der Waals surface area (Å²) in [4.78, 5) is 17.2. The van der Waals surface area contributed by atoms with Crippen LogP contribution < -0.4 is 10.6 Å². The summed E-state index contributed by atoms with van der Waals surface area (Å²) in [5.41, 5.74) is 1.98. The second-order valence-electron chi connectivity index (χ2n) is 9.09. The minimum Gasteiger partial charge on any atom is -0.370 e. The molecule has 1 aliphatic carbocycles. The van der Waals surface area contributed by atoms with Crippen LogP contribution in [0, 0.1) is 11.7 Å². The molecule has 0 spiro atoms. The van der Waals surface area contributed by atoms with Crippen LogP contribution in [0.4, 0.5) is 17.6 Å². The predicted octanol–water partition coefficient (Wildman–Crippen LogP) is 6.26. The minimum atomic E-state index is -4.54.